The molecule has 16 heavy (non-hydrogen) atoms. The number of azide groups is 1. The summed E-state index contributed by atoms with van der Waals surface area (Å²) >= 11 is 0. The molecule has 0 radical (unpaired) electrons. The van der Waals surface area contributed by atoms with Crippen molar-refractivity contribution < 1.29 is 14.6 Å². The lowest BCUT2D eigenvalue weighted by Gasteiger charge is -2.01. The zero-order valence-electron chi connectivity index (χ0n) is 7.73. The molecular formula is C7H5N5O4. The standard InChI is InChI=1S/C7H5N5O4/c8-10-11-16-7(13)9-5-1-3-6(4-2-5)12(14)15/h1-4H,(H,9,13). The van der Waals surface area contributed by atoms with E-state index in [9.17, 15) is 14.9 Å². The molecule has 0 atom stereocenters. The molecule has 0 aliphatic rings. The molecule has 0 unspecified atom stereocenters. The first kappa shape index (κ1) is 11.3. The van der Waals surface area contributed by atoms with Crippen LogP contribution in [-0.2, 0) is 4.84 Å². The summed E-state index contributed by atoms with van der Waals surface area (Å²) < 4.78 is 0. The van der Waals surface area contributed by atoms with Gasteiger partial charge in [-0.15, -0.1) is 0 Å². The average Bonchev–Trinajstić information content (AvgIpc) is 2.27. The monoisotopic (exact) mass is 223 g/mol. The zero-order chi connectivity index (χ0) is 12.0. The lowest BCUT2D eigenvalue weighted by atomic mass is 10.3. The van der Waals surface area contributed by atoms with Crippen molar-refractivity contribution in [3.63, 3.8) is 0 Å². The third-order valence-electron chi connectivity index (χ3n) is 1.48. The molecule has 0 saturated carbocycles. The van der Waals surface area contributed by atoms with Crippen LogP contribution in [0.5, 0.6) is 0 Å². The summed E-state index contributed by atoms with van der Waals surface area (Å²) in [5, 5.41) is 15.1. The van der Waals surface area contributed by atoms with E-state index < -0.39 is 11.0 Å². The molecule has 0 saturated heterocycles. The molecule has 1 aromatic rings. The number of hydrogen-bond acceptors (Lipinski definition) is 5. The van der Waals surface area contributed by atoms with Gasteiger partial charge in [-0.05, 0) is 17.7 Å². The highest BCUT2D eigenvalue weighted by atomic mass is 16.7. The first-order chi connectivity index (χ1) is 7.63. The van der Waals surface area contributed by atoms with E-state index in [2.05, 4.69) is 20.3 Å². The summed E-state index contributed by atoms with van der Waals surface area (Å²) in [5.74, 6) is 0. The fourth-order valence-electron chi connectivity index (χ4n) is 0.862. The first-order valence-electron chi connectivity index (χ1n) is 3.90. The van der Waals surface area contributed by atoms with Crippen molar-refractivity contribution in [2.24, 2.45) is 5.28 Å². The van der Waals surface area contributed by atoms with Crippen LogP contribution in [0.1, 0.15) is 0 Å². The van der Waals surface area contributed by atoms with E-state index >= 15 is 0 Å². The van der Waals surface area contributed by atoms with E-state index in [-0.39, 0.29) is 11.4 Å². The Hall–Kier alpha value is -2.80. The maximum absolute atomic E-state index is 10.9. The average molecular weight is 223 g/mol. The molecule has 0 aromatic heterocycles. The molecule has 9 nitrogen and oxygen atoms in total. The number of nitrogens with one attached hydrogen (secondary N) is 1. The van der Waals surface area contributed by atoms with Crippen LogP contribution in [0.4, 0.5) is 16.2 Å². The van der Waals surface area contributed by atoms with Crippen LogP contribution >= 0.6 is 0 Å². The molecule has 1 amide bonds. The topological polar surface area (TPSA) is 130 Å². The van der Waals surface area contributed by atoms with Gasteiger partial charge in [0.15, 0.2) is 0 Å². The van der Waals surface area contributed by atoms with Gasteiger partial charge in [-0.1, -0.05) is 0 Å². The molecule has 0 aliphatic heterocycles. The summed E-state index contributed by atoms with van der Waals surface area (Å²) in [6.45, 7) is 0. The number of amides is 1. The molecule has 82 valence electrons. The van der Waals surface area contributed by atoms with Gasteiger partial charge in [-0.25, -0.2) is 4.79 Å². The zero-order valence-corrected chi connectivity index (χ0v) is 7.73. The van der Waals surface area contributed by atoms with Crippen LogP contribution in [0, 0.1) is 10.1 Å². The number of carbonyl (C=O) groups excluding carboxylic acids is 1. The summed E-state index contributed by atoms with van der Waals surface area (Å²) in [5.41, 5.74) is 8.04. The normalized spacial score (nSPS) is 8.75. The van der Waals surface area contributed by atoms with E-state index in [1.54, 1.807) is 0 Å². The number of benzene rings is 1. The van der Waals surface area contributed by atoms with Gasteiger partial charge in [0.05, 0.1) is 4.92 Å². The number of anilines is 1. The molecule has 1 rings (SSSR count). The van der Waals surface area contributed by atoms with Gasteiger partial charge in [-0.3, -0.25) is 15.4 Å². The van der Waals surface area contributed by atoms with Crippen molar-refractivity contribution >= 4 is 17.5 Å². The summed E-state index contributed by atoms with van der Waals surface area (Å²) in [4.78, 5) is 26.8. The fourth-order valence-corrected chi connectivity index (χ4v) is 0.862. The van der Waals surface area contributed by atoms with Crippen molar-refractivity contribution in [2.45, 2.75) is 0 Å². The predicted molar refractivity (Wildman–Crippen MR) is 52.3 cm³/mol. The van der Waals surface area contributed by atoms with Gasteiger partial charge in [0.2, 0.25) is 0 Å². The van der Waals surface area contributed by atoms with Gasteiger partial charge in [0, 0.05) is 22.7 Å². The van der Waals surface area contributed by atoms with Crippen molar-refractivity contribution in [2.75, 3.05) is 5.32 Å². The van der Waals surface area contributed by atoms with E-state index in [0.29, 0.717) is 0 Å². The smallest absolute Gasteiger partial charge is 0.341 e. The van der Waals surface area contributed by atoms with Crippen molar-refractivity contribution in [1.29, 1.82) is 0 Å². The molecule has 0 spiro atoms. The van der Waals surface area contributed by atoms with Crippen LogP contribution in [0.2, 0.25) is 0 Å². The molecule has 0 fully saturated rings. The van der Waals surface area contributed by atoms with Crippen molar-refractivity contribution in [3.05, 3.63) is 44.8 Å². The Bertz CT molecular complexity index is 450. The molecular weight excluding hydrogens is 218 g/mol. The minimum Gasteiger partial charge on any atom is -0.341 e. The molecule has 1 aromatic carbocycles. The Kier molecular flexibility index (Phi) is 3.65. The van der Waals surface area contributed by atoms with E-state index in [4.69, 9.17) is 5.53 Å². The Morgan fingerprint density at radius 1 is 1.50 bits per heavy atom. The fraction of sp³-hybridized carbons (Fsp3) is 0. The third kappa shape index (κ3) is 3.16. The Labute approximate surface area is 88.4 Å². The maximum Gasteiger partial charge on any atom is 0.423 e. The van der Waals surface area contributed by atoms with Gasteiger partial charge >= 0.3 is 6.09 Å². The second-order valence-corrected chi connectivity index (χ2v) is 2.48. The first-order valence-corrected chi connectivity index (χ1v) is 3.90. The van der Waals surface area contributed by atoms with E-state index in [1.165, 1.54) is 24.3 Å². The number of nitrogens with zero attached hydrogens (tertiary/aromatic N) is 4. The predicted octanol–water partition coefficient (Wildman–Crippen LogP) is 2.37. The minimum absolute atomic E-state index is 0.103. The maximum atomic E-state index is 10.9. The minimum atomic E-state index is -0.980. The van der Waals surface area contributed by atoms with E-state index in [1.807, 2.05) is 0 Å². The number of nitro benzene ring substituents is 1. The molecule has 0 aliphatic carbocycles. The lowest BCUT2D eigenvalue weighted by molar-refractivity contribution is -0.384. The third-order valence-corrected chi connectivity index (χ3v) is 1.48. The quantitative estimate of drug-likeness (QED) is 0.277. The highest BCUT2D eigenvalue weighted by Crippen LogP contribution is 2.15. The molecule has 0 bridgehead atoms. The van der Waals surface area contributed by atoms with Gasteiger partial charge in [0.1, 0.15) is 5.28 Å². The van der Waals surface area contributed by atoms with Crippen LogP contribution in [0.25, 0.3) is 10.4 Å². The lowest BCUT2D eigenvalue weighted by Crippen LogP contribution is -2.10. The second kappa shape index (κ2) is 5.17. The second-order valence-electron chi connectivity index (χ2n) is 2.48. The molecule has 1 N–H and O–H groups in total. The Morgan fingerprint density at radius 3 is 2.62 bits per heavy atom. The van der Waals surface area contributed by atoms with Crippen LogP contribution < -0.4 is 5.32 Å². The Balaban J connectivity index is 2.65. The Morgan fingerprint density at radius 2 is 2.12 bits per heavy atom. The number of rotatable bonds is 3. The van der Waals surface area contributed by atoms with Crippen LogP contribution in [-0.4, -0.2) is 11.0 Å². The highest BCUT2D eigenvalue weighted by molar-refractivity contribution is 5.84. The van der Waals surface area contributed by atoms with Crippen LogP contribution in [0.3, 0.4) is 0 Å². The van der Waals surface area contributed by atoms with Gasteiger partial charge in [0.25, 0.3) is 5.69 Å². The van der Waals surface area contributed by atoms with Crippen LogP contribution in [0.15, 0.2) is 29.5 Å². The highest BCUT2D eigenvalue weighted by Gasteiger charge is 2.06. The van der Waals surface area contributed by atoms with Crippen molar-refractivity contribution in [3.8, 4) is 0 Å². The number of non-ortho nitro benzene ring substituents is 1. The summed E-state index contributed by atoms with van der Waals surface area (Å²) in [7, 11) is 0. The van der Waals surface area contributed by atoms with Gasteiger partial charge in [-0.2, -0.15) is 0 Å². The number of carbonyl (C=O) groups is 1. The SMILES string of the molecule is [N-]=[N+]=NOC(=O)Nc1ccc([N+](=O)[O-])cc1. The number of hydrogen-bond donors (Lipinski definition) is 1. The van der Waals surface area contributed by atoms with E-state index in [0.717, 1.165) is 0 Å². The van der Waals surface area contributed by atoms with Gasteiger partial charge < -0.3 is 4.84 Å². The van der Waals surface area contributed by atoms with Crippen molar-refractivity contribution in [1.82, 2.24) is 0 Å². The molecule has 9 heteroatoms. The largest absolute Gasteiger partial charge is 0.423 e. The molecule has 0 heterocycles. The number of nitro groups is 1. The summed E-state index contributed by atoms with van der Waals surface area (Å²) in [6.07, 6.45) is -0.980. The summed E-state index contributed by atoms with van der Waals surface area (Å²) in [6, 6.07) is 5.05.